The summed E-state index contributed by atoms with van der Waals surface area (Å²) in [5.41, 5.74) is 11.9. The van der Waals surface area contributed by atoms with Crippen LogP contribution in [0.4, 0.5) is 5.69 Å². The molecule has 0 spiro atoms. The van der Waals surface area contributed by atoms with Gasteiger partial charge < -0.3 is 11.1 Å². The first-order valence-corrected chi connectivity index (χ1v) is 7.82. The number of carbonyl (C=O) groups excluding carboxylic acids is 1. The van der Waals surface area contributed by atoms with Crippen LogP contribution in [0.25, 0.3) is 11.1 Å². The molecular formula is C19H22N2O. The highest BCUT2D eigenvalue weighted by molar-refractivity contribution is 5.95. The van der Waals surface area contributed by atoms with E-state index in [0.29, 0.717) is 12.3 Å². The van der Waals surface area contributed by atoms with Crippen LogP contribution < -0.4 is 11.1 Å². The molecule has 3 heteroatoms. The molecule has 3 nitrogen and oxygen atoms in total. The van der Waals surface area contributed by atoms with Crippen LogP contribution in [0.2, 0.25) is 0 Å². The van der Waals surface area contributed by atoms with Gasteiger partial charge in [-0.2, -0.15) is 0 Å². The molecule has 1 unspecified atom stereocenters. The Morgan fingerprint density at radius 3 is 2.64 bits per heavy atom. The zero-order valence-corrected chi connectivity index (χ0v) is 13.1. The molecule has 0 radical (unpaired) electrons. The molecule has 0 aliphatic heterocycles. The highest BCUT2D eigenvalue weighted by Gasteiger charge is 2.19. The number of benzene rings is 2. The van der Waals surface area contributed by atoms with Crippen molar-refractivity contribution in [3.63, 3.8) is 0 Å². The minimum Gasteiger partial charge on any atom is -0.325 e. The third-order valence-corrected chi connectivity index (χ3v) is 4.12. The largest absolute Gasteiger partial charge is 0.325 e. The summed E-state index contributed by atoms with van der Waals surface area (Å²) in [6.45, 7) is 4.14. The van der Waals surface area contributed by atoms with Gasteiger partial charge >= 0.3 is 0 Å². The molecule has 0 bridgehead atoms. The average molecular weight is 294 g/mol. The van der Waals surface area contributed by atoms with E-state index in [2.05, 4.69) is 55.6 Å². The topological polar surface area (TPSA) is 55.1 Å². The summed E-state index contributed by atoms with van der Waals surface area (Å²) in [4.78, 5) is 12.1. The van der Waals surface area contributed by atoms with Crippen LogP contribution in [0.1, 0.15) is 31.4 Å². The van der Waals surface area contributed by atoms with E-state index in [9.17, 15) is 4.79 Å². The minimum atomic E-state index is -0.453. The number of nitrogens with two attached hydrogens (primary N) is 1. The lowest BCUT2D eigenvalue weighted by molar-refractivity contribution is -0.117. The monoisotopic (exact) mass is 294 g/mol. The summed E-state index contributed by atoms with van der Waals surface area (Å²) in [5.74, 6) is 0.305. The Morgan fingerprint density at radius 2 is 1.86 bits per heavy atom. The summed E-state index contributed by atoms with van der Waals surface area (Å²) in [7, 11) is 0. The average Bonchev–Trinajstić information content (AvgIpc) is 2.84. The number of anilines is 1. The fourth-order valence-corrected chi connectivity index (χ4v) is 3.07. The van der Waals surface area contributed by atoms with Crippen LogP contribution in [-0.2, 0) is 11.2 Å². The maximum absolute atomic E-state index is 12.1. The molecule has 0 saturated carbocycles. The Labute approximate surface area is 131 Å². The van der Waals surface area contributed by atoms with Gasteiger partial charge in [0.25, 0.3) is 0 Å². The van der Waals surface area contributed by atoms with Crippen molar-refractivity contribution >= 4 is 11.6 Å². The first-order chi connectivity index (χ1) is 10.5. The number of hydrogen-bond acceptors (Lipinski definition) is 2. The molecule has 2 aromatic carbocycles. The van der Waals surface area contributed by atoms with Crippen molar-refractivity contribution in [1.82, 2.24) is 0 Å². The van der Waals surface area contributed by atoms with Crippen molar-refractivity contribution in [2.45, 2.75) is 32.7 Å². The van der Waals surface area contributed by atoms with Crippen LogP contribution >= 0.6 is 0 Å². The van der Waals surface area contributed by atoms with E-state index in [1.807, 2.05) is 6.07 Å². The van der Waals surface area contributed by atoms with Crippen molar-refractivity contribution in [3.05, 3.63) is 53.6 Å². The van der Waals surface area contributed by atoms with Crippen LogP contribution in [0, 0.1) is 5.92 Å². The molecular weight excluding hydrogens is 272 g/mol. The van der Waals surface area contributed by atoms with Gasteiger partial charge in [-0.3, -0.25) is 4.79 Å². The molecule has 22 heavy (non-hydrogen) atoms. The lowest BCUT2D eigenvalue weighted by Crippen LogP contribution is -2.36. The summed E-state index contributed by atoms with van der Waals surface area (Å²) in [5, 5.41) is 2.94. The molecule has 3 N–H and O–H groups in total. The molecule has 0 fully saturated rings. The standard InChI is InChI=1S/C19H22N2O/c1-12(2)9-18(20)19(22)21-15-7-8-17-14(11-15)10-13-5-3-4-6-16(13)17/h3-8,11-12,18H,9-10,20H2,1-2H3,(H,21,22). The smallest absolute Gasteiger partial charge is 0.241 e. The Bertz CT molecular complexity index is 706. The van der Waals surface area contributed by atoms with Gasteiger partial charge in [-0.1, -0.05) is 44.2 Å². The molecule has 1 atom stereocenters. The van der Waals surface area contributed by atoms with Gasteiger partial charge in [-0.05, 0) is 53.1 Å². The van der Waals surface area contributed by atoms with Gasteiger partial charge in [-0.25, -0.2) is 0 Å². The van der Waals surface area contributed by atoms with E-state index in [-0.39, 0.29) is 5.91 Å². The van der Waals surface area contributed by atoms with Crippen LogP contribution in [0.15, 0.2) is 42.5 Å². The second-order valence-corrected chi connectivity index (χ2v) is 6.43. The predicted molar refractivity (Wildman–Crippen MR) is 90.7 cm³/mol. The molecule has 0 aromatic heterocycles. The third-order valence-electron chi connectivity index (χ3n) is 4.12. The van der Waals surface area contributed by atoms with Crippen LogP contribution in [0.3, 0.4) is 0 Å². The summed E-state index contributed by atoms with van der Waals surface area (Å²) in [6, 6.07) is 14.1. The second kappa shape index (κ2) is 5.93. The zero-order valence-electron chi connectivity index (χ0n) is 13.1. The van der Waals surface area contributed by atoms with Gasteiger partial charge in [0.1, 0.15) is 0 Å². The quantitative estimate of drug-likeness (QED) is 0.773. The van der Waals surface area contributed by atoms with Crippen molar-refractivity contribution < 1.29 is 4.79 Å². The highest BCUT2D eigenvalue weighted by atomic mass is 16.2. The Morgan fingerprint density at radius 1 is 1.14 bits per heavy atom. The van der Waals surface area contributed by atoms with E-state index >= 15 is 0 Å². The van der Waals surface area contributed by atoms with E-state index in [0.717, 1.165) is 12.1 Å². The van der Waals surface area contributed by atoms with Gasteiger partial charge in [0.05, 0.1) is 6.04 Å². The number of carbonyl (C=O) groups is 1. The summed E-state index contributed by atoms with van der Waals surface area (Å²) in [6.07, 6.45) is 1.62. The van der Waals surface area contributed by atoms with E-state index in [1.165, 1.54) is 22.3 Å². The molecule has 0 heterocycles. The molecule has 114 valence electrons. The molecule has 1 amide bonds. The highest BCUT2D eigenvalue weighted by Crippen LogP contribution is 2.37. The number of amides is 1. The van der Waals surface area contributed by atoms with E-state index in [1.54, 1.807) is 0 Å². The first kappa shape index (κ1) is 14.8. The van der Waals surface area contributed by atoms with E-state index in [4.69, 9.17) is 5.73 Å². The molecule has 3 rings (SSSR count). The fraction of sp³-hybridized carbons (Fsp3) is 0.316. The number of nitrogens with one attached hydrogen (secondary N) is 1. The number of hydrogen-bond donors (Lipinski definition) is 2. The zero-order chi connectivity index (χ0) is 15.7. The lowest BCUT2D eigenvalue weighted by Gasteiger charge is -2.14. The fourth-order valence-electron chi connectivity index (χ4n) is 3.07. The molecule has 1 aliphatic carbocycles. The summed E-state index contributed by atoms with van der Waals surface area (Å²) < 4.78 is 0. The minimum absolute atomic E-state index is 0.107. The Kier molecular flexibility index (Phi) is 3.99. The van der Waals surface area contributed by atoms with E-state index < -0.39 is 6.04 Å². The second-order valence-electron chi connectivity index (χ2n) is 6.43. The van der Waals surface area contributed by atoms with Crippen molar-refractivity contribution in [2.75, 3.05) is 5.32 Å². The SMILES string of the molecule is CC(C)CC(N)C(=O)Nc1ccc2c(c1)Cc1ccccc1-2. The molecule has 0 saturated heterocycles. The van der Waals surface area contributed by atoms with Crippen LogP contribution in [-0.4, -0.2) is 11.9 Å². The maximum atomic E-state index is 12.1. The maximum Gasteiger partial charge on any atom is 0.241 e. The number of fused-ring (bicyclic) bond motifs is 3. The lowest BCUT2D eigenvalue weighted by atomic mass is 10.0. The Balaban J connectivity index is 1.76. The van der Waals surface area contributed by atoms with Crippen molar-refractivity contribution in [1.29, 1.82) is 0 Å². The van der Waals surface area contributed by atoms with Gasteiger partial charge in [0, 0.05) is 5.69 Å². The predicted octanol–water partition coefficient (Wildman–Crippen LogP) is 3.57. The normalized spacial score (nSPS) is 13.6. The molecule has 2 aromatic rings. The van der Waals surface area contributed by atoms with Crippen molar-refractivity contribution in [2.24, 2.45) is 11.7 Å². The van der Waals surface area contributed by atoms with Crippen molar-refractivity contribution in [3.8, 4) is 11.1 Å². The van der Waals surface area contributed by atoms with Gasteiger partial charge in [0.2, 0.25) is 5.91 Å². The van der Waals surface area contributed by atoms with Crippen LogP contribution in [0.5, 0.6) is 0 Å². The Hall–Kier alpha value is -2.13. The van der Waals surface area contributed by atoms with Gasteiger partial charge in [-0.15, -0.1) is 0 Å². The van der Waals surface area contributed by atoms with Gasteiger partial charge in [0.15, 0.2) is 0 Å². The third kappa shape index (κ3) is 2.90. The molecule has 1 aliphatic rings. The summed E-state index contributed by atoms with van der Waals surface area (Å²) >= 11 is 0. The first-order valence-electron chi connectivity index (χ1n) is 7.82. The number of rotatable bonds is 4.